The van der Waals surface area contributed by atoms with E-state index in [-0.39, 0.29) is 36.1 Å². The van der Waals surface area contributed by atoms with Gasteiger partial charge in [-0.25, -0.2) is 34.7 Å². The summed E-state index contributed by atoms with van der Waals surface area (Å²) in [5, 5.41) is 0. The van der Waals surface area contributed by atoms with Gasteiger partial charge in [-0.2, -0.15) is 26.3 Å². The lowest BCUT2D eigenvalue weighted by molar-refractivity contribution is -0.392. The number of alkyl halides is 6. The van der Waals surface area contributed by atoms with Gasteiger partial charge in [0.25, 0.3) is 5.60 Å². The van der Waals surface area contributed by atoms with Crippen molar-refractivity contribution in [1.29, 1.82) is 0 Å². The highest BCUT2D eigenvalue weighted by Crippen LogP contribution is 2.54. The minimum Gasteiger partial charge on any atom is -0.349 e. The lowest BCUT2D eigenvalue weighted by Crippen LogP contribution is -2.56. The van der Waals surface area contributed by atoms with E-state index in [1.54, 1.807) is 0 Å². The molecular weight excluding hydrogens is 677 g/mol. The Morgan fingerprint density at radius 2 is 1.28 bits per heavy atom. The number of ether oxygens (including phenoxy) is 1. The molecule has 46 heavy (non-hydrogen) atoms. The monoisotopic (exact) mass is 703 g/mol. The van der Waals surface area contributed by atoms with Gasteiger partial charge in [0.1, 0.15) is 22.2 Å². The smallest absolute Gasteiger partial charge is 0.349 e. The van der Waals surface area contributed by atoms with Gasteiger partial charge >= 0.3 is 12.4 Å². The summed E-state index contributed by atoms with van der Waals surface area (Å²) in [7, 11) is -8.24. The van der Waals surface area contributed by atoms with Crippen LogP contribution in [0.5, 0.6) is 0 Å². The molecule has 1 fully saturated rings. The van der Waals surface area contributed by atoms with Crippen LogP contribution in [0.3, 0.4) is 0 Å². The van der Waals surface area contributed by atoms with Crippen molar-refractivity contribution in [2.75, 3.05) is 6.26 Å². The molecule has 0 radical (unpaired) electrons. The fourth-order valence-corrected chi connectivity index (χ4v) is 8.66. The largest absolute Gasteiger partial charge is 0.430 e. The quantitative estimate of drug-likeness (QED) is 0.196. The number of rotatable bonds is 9. The van der Waals surface area contributed by atoms with Gasteiger partial charge in [0.15, 0.2) is 9.84 Å². The molecule has 0 spiro atoms. The van der Waals surface area contributed by atoms with Crippen molar-refractivity contribution in [2.24, 2.45) is 0 Å². The van der Waals surface area contributed by atoms with Crippen LogP contribution in [0.4, 0.5) is 39.5 Å². The van der Waals surface area contributed by atoms with E-state index < -0.39 is 83.8 Å². The fraction of sp³-hybridized carbons (Fsp3) is 0.379. The van der Waals surface area contributed by atoms with Crippen LogP contribution in [-0.4, -0.2) is 41.5 Å². The molecule has 0 unspecified atom stereocenters. The molecular formula is C29H26F9NO5S2. The molecule has 1 aliphatic rings. The number of benzene rings is 3. The van der Waals surface area contributed by atoms with Gasteiger partial charge in [0.2, 0.25) is 10.0 Å². The summed E-state index contributed by atoms with van der Waals surface area (Å²) in [5.41, 5.74) is -8.04. The molecule has 3 aromatic rings. The molecule has 0 amide bonds. The molecule has 1 aliphatic carbocycles. The highest BCUT2D eigenvalue weighted by molar-refractivity contribution is 7.92. The summed E-state index contributed by atoms with van der Waals surface area (Å²) < 4.78 is 185. The van der Waals surface area contributed by atoms with Gasteiger partial charge < -0.3 is 4.74 Å². The van der Waals surface area contributed by atoms with Gasteiger partial charge in [0, 0.05) is 17.2 Å². The van der Waals surface area contributed by atoms with Crippen LogP contribution < -0.4 is 4.72 Å². The Morgan fingerprint density at radius 1 is 0.783 bits per heavy atom. The van der Waals surface area contributed by atoms with Crippen LogP contribution in [-0.2, 0) is 41.6 Å². The van der Waals surface area contributed by atoms with Crippen molar-refractivity contribution >= 4 is 19.9 Å². The van der Waals surface area contributed by atoms with Gasteiger partial charge in [-0.1, -0.05) is 30.3 Å². The zero-order valence-corrected chi connectivity index (χ0v) is 25.4. The Balaban J connectivity index is 1.83. The van der Waals surface area contributed by atoms with Gasteiger partial charge in [-0.15, -0.1) is 0 Å². The maximum absolute atomic E-state index is 14.4. The topological polar surface area (TPSA) is 89.5 Å². The normalized spacial score (nSPS) is 20.1. The molecule has 0 atom stereocenters. The molecule has 0 aromatic heterocycles. The average Bonchev–Trinajstić information content (AvgIpc) is 2.93. The second-order valence-corrected chi connectivity index (χ2v) is 14.9. The third-order valence-electron chi connectivity index (χ3n) is 7.92. The lowest BCUT2D eigenvalue weighted by atomic mass is 9.80. The lowest BCUT2D eigenvalue weighted by Gasteiger charge is -2.41. The van der Waals surface area contributed by atoms with Crippen LogP contribution in [0, 0.1) is 17.5 Å². The first-order valence-corrected chi connectivity index (χ1v) is 16.8. The number of sulfone groups is 1. The van der Waals surface area contributed by atoms with Crippen molar-refractivity contribution in [2.45, 2.75) is 65.9 Å². The van der Waals surface area contributed by atoms with E-state index in [1.807, 2.05) is 0 Å². The summed E-state index contributed by atoms with van der Waals surface area (Å²) >= 11 is 0. The van der Waals surface area contributed by atoms with E-state index in [2.05, 4.69) is 9.46 Å². The average molecular weight is 704 g/mol. The van der Waals surface area contributed by atoms with Gasteiger partial charge in [-0.3, -0.25) is 0 Å². The molecule has 3 aromatic carbocycles. The molecule has 252 valence electrons. The zero-order valence-electron chi connectivity index (χ0n) is 23.7. The van der Waals surface area contributed by atoms with Crippen LogP contribution in [0.2, 0.25) is 0 Å². The second-order valence-electron chi connectivity index (χ2n) is 10.9. The summed E-state index contributed by atoms with van der Waals surface area (Å²) in [6.07, 6.45) is -12.3. The standard InChI is InChI=1S/C29H26F9NO5S2/c1-45(40,41)39-21-13-15-26(16-14-21,46(42,43)22-11-9-20(30)10-12-22)18-5-7-19(8-6-18)27(28(33,34)35,29(36,37)38)44-17-23-24(31)3-2-4-25(23)32/h2-12,21,39H,13-17H2,1H3. The van der Waals surface area contributed by atoms with E-state index in [1.165, 1.54) is 0 Å². The van der Waals surface area contributed by atoms with Crippen molar-refractivity contribution in [3.63, 3.8) is 0 Å². The van der Waals surface area contributed by atoms with E-state index >= 15 is 0 Å². The molecule has 17 heteroatoms. The van der Waals surface area contributed by atoms with Crippen molar-refractivity contribution < 1.29 is 61.1 Å². The molecule has 0 bridgehead atoms. The highest BCUT2D eigenvalue weighted by Gasteiger charge is 2.73. The number of hydrogen-bond acceptors (Lipinski definition) is 5. The SMILES string of the molecule is CS(=O)(=O)NC1CCC(c2ccc(C(OCc3c(F)cccc3F)(C(F)(F)F)C(F)(F)F)cc2)(S(=O)(=O)c2ccc(F)cc2)CC1. The highest BCUT2D eigenvalue weighted by atomic mass is 32.2. The first-order valence-electron chi connectivity index (χ1n) is 13.4. The Bertz CT molecular complexity index is 1730. The predicted octanol–water partition coefficient (Wildman–Crippen LogP) is 6.80. The van der Waals surface area contributed by atoms with E-state index in [9.17, 15) is 56.3 Å². The maximum atomic E-state index is 14.4. The summed E-state index contributed by atoms with van der Waals surface area (Å²) in [4.78, 5) is -0.386. The van der Waals surface area contributed by atoms with Crippen LogP contribution in [0.15, 0.2) is 71.6 Å². The minimum absolute atomic E-state index is 0.0817. The first kappa shape index (κ1) is 35.7. The fourth-order valence-electron chi connectivity index (χ4n) is 5.65. The van der Waals surface area contributed by atoms with Crippen LogP contribution >= 0.6 is 0 Å². The molecule has 1 N–H and O–H groups in total. The zero-order chi connectivity index (χ0) is 34.3. The molecule has 0 aliphatic heterocycles. The molecule has 0 heterocycles. The third kappa shape index (κ3) is 6.64. The van der Waals surface area contributed by atoms with Crippen molar-refractivity contribution in [3.8, 4) is 0 Å². The second kappa shape index (κ2) is 12.5. The Hall–Kier alpha value is -3.15. The Kier molecular flexibility index (Phi) is 9.67. The Morgan fingerprint density at radius 3 is 1.74 bits per heavy atom. The summed E-state index contributed by atoms with van der Waals surface area (Å²) in [6, 6.07) is 7.25. The van der Waals surface area contributed by atoms with Crippen LogP contribution in [0.25, 0.3) is 0 Å². The van der Waals surface area contributed by atoms with Crippen LogP contribution in [0.1, 0.15) is 42.4 Å². The third-order valence-corrected chi connectivity index (χ3v) is 11.3. The predicted molar refractivity (Wildman–Crippen MR) is 147 cm³/mol. The molecule has 4 rings (SSSR count). The first-order chi connectivity index (χ1) is 21.1. The minimum atomic E-state index is -6.22. The van der Waals surface area contributed by atoms with E-state index in [0.717, 1.165) is 48.7 Å². The van der Waals surface area contributed by atoms with E-state index in [0.29, 0.717) is 24.3 Å². The Labute approximate surface area is 258 Å². The summed E-state index contributed by atoms with van der Waals surface area (Å²) in [6.45, 7) is -1.77. The van der Waals surface area contributed by atoms with Gasteiger partial charge in [-0.05, 0) is 67.6 Å². The molecule has 0 saturated heterocycles. The summed E-state index contributed by atoms with van der Waals surface area (Å²) in [5.74, 6) is -3.66. The van der Waals surface area contributed by atoms with Gasteiger partial charge in [0.05, 0.1) is 17.8 Å². The van der Waals surface area contributed by atoms with E-state index in [4.69, 9.17) is 0 Å². The molecule has 1 saturated carbocycles. The number of nitrogens with one attached hydrogen (secondary N) is 1. The number of hydrogen-bond donors (Lipinski definition) is 1. The van der Waals surface area contributed by atoms with Crippen molar-refractivity contribution in [1.82, 2.24) is 4.72 Å². The number of halogens is 9. The molecule has 6 nitrogen and oxygen atoms in total. The number of sulfonamides is 1. The van der Waals surface area contributed by atoms with Crippen molar-refractivity contribution in [3.05, 3.63) is 101 Å². The maximum Gasteiger partial charge on any atom is 0.430 e.